The molecule has 0 unspecified atom stereocenters. The number of rotatable bonds is 7. The summed E-state index contributed by atoms with van der Waals surface area (Å²) in [6.07, 6.45) is 1.49. The first-order valence-corrected chi connectivity index (χ1v) is 7.17. The van der Waals surface area contributed by atoms with Gasteiger partial charge >= 0.3 is 5.97 Å². The molecule has 1 aromatic heterocycles. The number of aromatic nitrogens is 1. The van der Waals surface area contributed by atoms with Crippen molar-refractivity contribution in [2.75, 3.05) is 18.8 Å². The number of benzene rings is 1. The van der Waals surface area contributed by atoms with Gasteiger partial charge in [0.25, 0.3) is 5.22 Å². The molecule has 0 fully saturated rings. The van der Waals surface area contributed by atoms with E-state index in [-0.39, 0.29) is 24.7 Å². The summed E-state index contributed by atoms with van der Waals surface area (Å²) in [6.45, 7) is 3.36. The van der Waals surface area contributed by atoms with Crippen LogP contribution in [0.1, 0.15) is 0 Å². The number of amides is 1. The van der Waals surface area contributed by atoms with Gasteiger partial charge in [-0.3, -0.25) is 9.59 Å². The quantitative estimate of drug-likeness (QED) is 0.622. The molecule has 2 aromatic rings. The van der Waals surface area contributed by atoms with Crippen molar-refractivity contribution in [1.29, 1.82) is 0 Å². The first-order chi connectivity index (χ1) is 10.1. The molecule has 1 amide bonds. The molecule has 0 atom stereocenters. The maximum absolute atomic E-state index is 12.0. The van der Waals surface area contributed by atoms with Gasteiger partial charge in [-0.15, -0.1) is 6.58 Å². The molecular weight excluding hydrogens is 292 g/mol. The Balaban J connectivity index is 1.98. The molecule has 0 aliphatic carbocycles. The molecule has 1 aromatic carbocycles. The molecule has 0 saturated carbocycles. The van der Waals surface area contributed by atoms with E-state index in [4.69, 9.17) is 9.52 Å². The number of carboxylic acid groups (broad SMARTS) is 1. The minimum atomic E-state index is -1.06. The Morgan fingerprint density at radius 1 is 1.43 bits per heavy atom. The van der Waals surface area contributed by atoms with Crippen LogP contribution in [0.2, 0.25) is 0 Å². The molecule has 0 aliphatic rings. The maximum Gasteiger partial charge on any atom is 0.323 e. The molecule has 6 nitrogen and oxygen atoms in total. The number of nitrogens with zero attached hydrogens (tertiary/aromatic N) is 2. The Labute approximate surface area is 125 Å². The van der Waals surface area contributed by atoms with E-state index in [9.17, 15) is 9.59 Å². The van der Waals surface area contributed by atoms with E-state index in [0.29, 0.717) is 10.8 Å². The van der Waals surface area contributed by atoms with Crippen molar-refractivity contribution in [1.82, 2.24) is 9.88 Å². The zero-order valence-corrected chi connectivity index (χ0v) is 12.0. The smallest absolute Gasteiger partial charge is 0.323 e. The molecule has 110 valence electrons. The summed E-state index contributed by atoms with van der Waals surface area (Å²) in [6, 6.07) is 7.30. The molecule has 0 aliphatic heterocycles. The first-order valence-electron chi connectivity index (χ1n) is 6.19. The summed E-state index contributed by atoms with van der Waals surface area (Å²) in [5, 5.41) is 9.16. The summed E-state index contributed by atoms with van der Waals surface area (Å²) in [7, 11) is 0. The maximum atomic E-state index is 12.0. The standard InChI is InChI=1S/C14H14N2O4S/c1-2-7-16(8-13(18)19)12(17)9-21-14-15-10-5-3-4-6-11(10)20-14/h2-6H,1,7-9H2,(H,18,19). The molecule has 1 heterocycles. The van der Waals surface area contributed by atoms with E-state index in [1.165, 1.54) is 11.0 Å². The zero-order chi connectivity index (χ0) is 15.2. The van der Waals surface area contributed by atoms with Crippen molar-refractivity contribution < 1.29 is 19.1 Å². The lowest BCUT2D eigenvalue weighted by Crippen LogP contribution is -2.36. The fourth-order valence-electron chi connectivity index (χ4n) is 1.70. The van der Waals surface area contributed by atoms with E-state index in [1.807, 2.05) is 18.2 Å². The molecular formula is C14H14N2O4S. The second kappa shape index (κ2) is 6.94. The van der Waals surface area contributed by atoms with Crippen molar-refractivity contribution in [3.63, 3.8) is 0 Å². The lowest BCUT2D eigenvalue weighted by atomic mass is 10.3. The van der Waals surface area contributed by atoms with Crippen LogP contribution in [-0.2, 0) is 9.59 Å². The monoisotopic (exact) mass is 306 g/mol. The van der Waals surface area contributed by atoms with Gasteiger partial charge in [0.1, 0.15) is 12.1 Å². The zero-order valence-electron chi connectivity index (χ0n) is 11.2. The highest BCUT2D eigenvalue weighted by atomic mass is 32.2. The first kappa shape index (κ1) is 15.1. The Kier molecular flexibility index (Phi) is 4.99. The molecule has 21 heavy (non-hydrogen) atoms. The number of hydrogen-bond acceptors (Lipinski definition) is 5. The van der Waals surface area contributed by atoms with Gasteiger partial charge in [-0.25, -0.2) is 4.98 Å². The number of para-hydroxylation sites is 2. The van der Waals surface area contributed by atoms with Gasteiger partial charge < -0.3 is 14.4 Å². The molecule has 2 rings (SSSR count). The van der Waals surface area contributed by atoms with Gasteiger partial charge in [0.15, 0.2) is 5.58 Å². The fraction of sp³-hybridized carbons (Fsp3) is 0.214. The summed E-state index contributed by atoms with van der Waals surface area (Å²) >= 11 is 1.14. The van der Waals surface area contributed by atoms with Crippen molar-refractivity contribution in [2.45, 2.75) is 5.22 Å². The van der Waals surface area contributed by atoms with E-state index in [0.717, 1.165) is 17.3 Å². The topological polar surface area (TPSA) is 83.6 Å². The average Bonchev–Trinajstić information content (AvgIpc) is 2.86. The summed E-state index contributed by atoms with van der Waals surface area (Å²) in [5.74, 6) is -1.30. The number of carboxylic acids is 1. The van der Waals surface area contributed by atoms with Crippen LogP contribution in [0, 0.1) is 0 Å². The SMILES string of the molecule is C=CCN(CC(=O)O)C(=O)CSc1nc2ccccc2o1. The second-order valence-corrected chi connectivity index (χ2v) is 5.12. The third-order valence-electron chi connectivity index (χ3n) is 2.62. The molecule has 0 radical (unpaired) electrons. The predicted octanol–water partition coefficient (Wildman–Crippen LogP) is 2.02. The minimum Gasteiger partial charge on any atom is -0.480 e. The number of hydrogen-bond donors (Lipinski definition) is 1. The Morgan fingerprint density at radius 3 is 2.86 bits per heavy atom. The Bertz CT molecular complexity index is 635. The van der Waals surface area contributed by atoms with Gasteiger partial charge in [-0.05, 0) is 12.1 Å². The van der Waals surface area contributed by atoms with Crippen LogP contribution < -0.4 is 0 Å². The van der Waals surface area contributed by atoms with Crippen LogP contribution in [0.3, 0.4) is 0 Å². The van der Waals surface area contributed by atoms with Crippen LogP contribution in [0.5, 0.6) is 0 Å². The highest BCUT2D eigenvalue weighted by Gasteiger charge is 2.17. The molecule has 0 saturated heterocycles. The molecule has 1 N–H and O–H groups in total. The molecule has 7 heteroatoms. The Hall–Kier alpha value is -2.28. The third-order valence-corrected chi connectivity index (χ3v) is 3.43. The van der Waals surface area contributed by atoms with Gasteiger partial charge in [0, 0.05) is 6.54 Å². The lowest BCUT2D eigenvalue weighted by molar-refractivity contribution is -0.143. The van der Waals surface area contributed by atoms with E-state index < -0.39 is 5.97 Å². The average molecular weight is 306 g/mol. The highest BCUT2D eigenvalue weighted by Crippen LogP contribution is 2.23. The second-order valence-electron chi connectivity index (χ2n) is 4.19. The summed E-state index contributed by atoms with van der Waals surface area (Å²) < 4.78 is 5.48. The van der Waals surface area contributed by atoms with E-state index in [2.05, 4.69) is 11.6 Å². The van der Waals surface area contributed by atoms with Crippen LogP contribution >= 0.6 is 11.8 Å². The van der Waals surface area contributed by atoms with Crippen molar-refractivity contribution in [2.24, 2.45) is 0 Å². The van der Waals surface area contributed by atoms with Gasteiger partial charge in [0.05, 0.1) is 5.75 Å². The van der Waals surface area contributed by atoms with Crippen molar-refractivity contribution in [3.8, 4) is 0 Å². The van der Waals surface area contributed by atoms with Gasteiger partial charge in [0.2, 0.25) is 5.91 Å². The van der Waals surface area contributed by atoms with Gasteiger partial charge in [-0.2, -0.15) is 0 Å². The number of carbonyl (C=O) groups excluding carboxylic acids is 1. The molecule has 0 bridgehead atoms. The number of thioether (sulfide) groups is 1. The van der Waals surface area contributed by atoms with Crippen LogP contribution in [0.15, 0.2) is 46.6 Å². The summed E-state index contributed by atoms with van der Waals surface area (Å²) in [4.78, 5) is 28.1. The van der Waals surface area contributed by atoms with Gasteiger partial charge in [-0.1, -0.05) is 30.0 Å². The van der Waals surface area contributed by atoms with E-state index >= 15 is 0 Å². The Morgan fingerprint density at radius 2 is 2.19 bits per heavy atom. The third kappa shape index (κ3) is 4.09. The normalized spacial score (nSPS) is 10.5. The van der Waals surface area contributed by atoms with Crippen LogP contribution in [0.25, 0.3) is 11.1 Å². The molecule has 0 spiro atoms. The number of carbonyl (C=O) groups is 2. The number of aliphatic carboxylic acids is 1. The van der Waals surface area contributed by atoms with E-state index in [1.54, 1.807) is 6.07 Å². The lowest BCUT2D eigenvalue weighted by Gasteiger charge is -2.17. The number of oxazole rings is 1. The van der Waals surface area contributed by atoms with Crippen molar-refractivity contribution >= 4 is 34.7 Å². The number of fused-ring (bicyclic) bond motifs is 1. The van der Waals surface area contributed by atoms with Crippen molar-refractivity contribution in [3.05, 3.63) is 36.9 Å². The fourth-order valence-corrected chi connectivity index (χ4v) is 2.44. The minimum absolute atomic E-state index is 0.0634. The predicted molar refractivity (Wildman–Crippen MR) is 79.1 cm³/mol. The highest BCUT2D eigenvalue weighted by molar-refractivity contribution is 7.99. The van der Waals surface area contributed by atoms with Crippen LogP contribution in [-0.4, -0.2) is 45.7 Å². The summed E-state index contributed by atoms with van der Waals surface area (Å²) in [5.41, 5.74) is 1.38. The van der Waals surface area contributed by atoms with Crippen LogP contribution in [0.4, 0.5) is 0 Å². The largest absolute Gasteiger partial charge is 0.480 e.